The molecule has 0 N–H and O–H groups in total. The topological polar surface area (TPSA) is 81.2 Å². The van der Waals surface area contributed by atoms with E-state index in [-0.39, 0.29) is 14.8 Å². The van der Waals surface area contributed by atoms with Gasteiger partial charge in [0.2, 0.25) is 0 Å². The van der Waals surface area contributed by atoms with Crippen LogP contribution in [0.25, 0.3) is 11.1 Å². The van der Waals surface area contributed by atoms with Gasteiger partial charge in [0.1, 0.15) is 4.21 Å². The Morgan fingerprint density at radius 3 is 2.00 bits per heavy atom. The average Bonchev–Trinajstić information content (AvgIpc) is 2.73. The monoisotopic (exact) mass is 351 g/mol. The molecule has 0 unspecified atom stereocenters. The molecule has 2 aromatic rings. The summed E-state index contributed by atoms with van der Waals surface area (Å²) in [5, 5.41) is 0.240. The zero-order chi connectivity index (χ0) is 15.1. The average molecular weight is 352 g/mol. The molecule has 0 bridgehead atoms. The highest BCUT2D eigenvalue weighted by Crippen LogP contribution is 2.36. The minimum absolute atomic E-state index is 0.0692. The van der Waals surface area contributed by atoms with Crippen LogP contribution in [0.4, 0.5) is 0 Å². The maximum Gasteiger partial charge on any atom is 0.194 e. The van der Waals surface area contributed by atoms with Crippen molar-refractivity contribution in [2.24, 2.45) is 0 Å². The number of rotatable bonds is 3. The van der Waals surface area contributed by atoms with Gasteiger partial charge < -0.3 is 0 Å². The van der Waals surface area contributed by atoms with E-state index in [1.54, 1.807) is 24.3 Å². The highest BCUT2D eigenvalue weighted by Gasteiger charge is 2.27. The SMILES string of the molecule is CS(=O)(=O)c1nsc(S(C)(=O)=O)c1-c1ccc(Cl)cc1. The first kappa shape index (κ1) is 15.4. The number of hydrogen-bond acceptors (Lipinski definition) is 6. The quantitative estimate of drug-likeness (QED) is 0.847. The van der Waals surface area contributed by atoms with Gasteiger partial charge in [-0.15, -0.1) is 0 Å². The largest absolute Gasteiger partial charge is 0.223 e. The molecule has 1 aromatic heterocycles. The lowest BCUT2D eigenvalue weighted by molar-refractivity contribution is 0.600. The molecule has 5 nitrogen and oxygen atoms in total. The van der Waals surface area contributed by atoms with Crippen LogP contribution in [0.1, 0.15) is 0 Å². The van der Waals surface area contributed by atoms with Gasteiger partial charge in [-0.2, -0.15) is 4.37 Å². The van der Waals surface area contributed by atoms with Gasteiger partial charge in [0, 0.05) is 17.5 Å². The van der Waals surface area contributed by atoms with E-state index < -0.39 is 19.7 Å². The number of halogens is 1. The van der Waals surface area contributed by atoms with Crippen LogP contribution in [0.3, 0.4) is 0 Å². The van der Waals surface area contributed by atoms with Crippen molar-refractivity contribution in [2.75, 3.05) is 12.5 Å². The maximum absolute atomic E-state index is 11.8. The number of aromatic nitrogens is 1. The van der Waals surface area contributed by atoms with Crippen LogP contribution in [-0.2, 0) is 19.7 Å². The first-order chi connectivity index (χ1) is 9.10. The van der Waals surface area contributed by atoms with E-state index in [0.717, 1.165) is 12.5 Å². The summed E-state index contributed by atoms with van der Waals surface area (Å²) < 4.78 is 50.8. The van der Waals surface area contributed by atoms with Crippen LogP contribution in [0.2, 0.25) is 5.02 Å². The molecule has 0 amide bonds. The van der Waals surface area contributed by atoms with Gasteiger partial charge in [0.25, 0.3) is 0 Å². The second-order valence-electron chi connectivity index (χ2n) is 4.20. The molecule has 20 heavy (non-hydrogen) atoms. The Bertz CT molecular complexity index is 802. The molecule has 0 aliphatic carbocycles. The van der Waals surface area contributed by atoms with Crippen molar-refractivity contribution in [1.29, 1.82) is 0 Å². The van der Waals surface area contributed by atoms with Crippen LogP contribution in [-0.4, -0.2) is 33.7 Å². The second kappa shape index (κ2) is 5.10. The van der Waals surface area contributed by atoms with E-state index in [4.69, 9.17) is 11.6 Å². The van der Waals surface area contributed by atoms with Gasteiger partial charge in [-0.3, -0.25) is 0 Å². The van der Waals surface area contributed by atoms with Crippen LogP contribution < -0.4 is 0 Å². The Kier molecular flexibility index (Phi) is 3.94. The van der Waals surface area contributed by atoms with Gasteiger partial charge in [-0.1, -0.05) is 23.7 Å². The summed E-state index contributed by atoms with van der Waals surface area (Å²) in [6.07, 6.45) is 2.01. The van der Waals surface area contributed by atoms with E-state index in [1.807, 2.05) is 0 Å². The van der Waals surface area contributed by atoms with E-state index in [1.165, 1.54) is 0 Å². The Morgan fingerprint density at radius 1 is 1.00 bits per heavy atom. The van der Waals surface area contributed by atoms with Crippen LogP contribution in [0, 0.1) is 0 Å². The Morgan fingerprint density at radius 2 is 1.55 bits per heavy atom. The van der Waals surface area contributed by atoms with Crippen LogP contribution in [0.5, 0.6) is 0 Å². The first-order valence-electron chi connectivity index (χ1n) is 5.26. The lowest BCUT2D eigenvalue weighted by Crippen LogP contribution is -2.02. The Hall–Kier alpha value is -0.960. The van der Waals surface area contributed by atoms with Crippen molar-refractivity contribution in [3.05, 3.63) is 29.3 Å². The standard InChI is InChI=1S/C11H10ClNO4S3/c1-19(14,15)10-9(7-3-5-8(12)6-4-7)11(18-13-10)20(2,16)17/h3-6H,1-2H3. The van der Waals surface area contributed by atoms with E-state index in [0.29, 0.717) is 22.1 Å². The summed E-state index contributed by atoms with van der Waals surface area (Å²) in [5.41, 5.74) is 0.556. The highest BCUT2D eigenvalue weighted by atomic mass is 35.5. The van der Waals surface area contributed by atoms with Crippen molar-refractivity contribution >= 4 is 42.8 Å². The third-order valence-corrected chi connectivity index (χ3v) is 6.47. The van der Waals surface area contributed by atoms with E-state index in [9.17, 15) is 16.8 Å². The highest BCUT2D eigenvalue weighted by molar-refractivity contribution is 7.93. The lowest BCUT2D eigenvalue weighted by atomic mass is 10.1. The minimum Gasteiger partial charge on any atom is -0.223 e. The fraction of sp³-hybridized carbons (Fsp3) is 0.182. The normalized spacial score (nSPS) is 12.6. The van der Waals surface area contributed by atoms with Crippen molar-refractivity contribution in [2.45, 2.75) is 9.24 Å². The van der Waals surface area contributed by atoms with Crippen molar-refractivity contribution in [1.82, 2.24) is 4.37 Å². The summed E-state index contributed by atoms with van der Waals surface area (Å²) in [4.78, 5) is 0. The summed E-state index contributed by atoms with van der Waals surface area (Å²) in [6.45, 7) is 0. The van der Waals surface area contributed by atoms with E-state index >= 15 is 0 Å². The molecule has 0 fully saturated rings. The lowest BCUT2D eigenvalue weighted by Gasteiger charge is -2.04. The van der Waals surface area contributed by atoms with Crippen LogP contribution in [0.15, 0.2) is 33.5 Å². The summed E-state index contributed by atoms with van der Waals surface area (Å²) in [7, 11) is -7.20. The molecule has 0 saturated carbocycles. The number of hydrogen-bond donors (Lipinski definition) is 0. The third-order valence-electron chi connectivity index (χ3n) is 2.45. The van der Waals surface area contributed by atoms with Crippen molar-refractivity contribution in [3.63, 3.8) is 0 Å². The molecule has 0 radical (unpaired) electrons. The number of nitrogens with zero attached hydrogens (tertiary/aromatic N) is 1. The smallest absolute Gasteiger partial charge is 0.194 e. The van der Waals surface area contributed by atoms with Gasteiger partial charge in [0.15, 0.2) is 24.7 Å². The molecule has 1 heterocycles. The van der Waals surface area contributed by atoms with Gasteiger partial charge in [-0.25, -0.2) is 16.8 Å². The molecular weight excluding hydrogens is 342 g/mol. The molecule has 0 aliphatic rings. The van der Waals surface area contributed by atoms with Crippen LogP contribution >= 0.6 is 23.1 Å². The fourth-order valence-corrected chi connectivity index (χ4v) is 4.93. The zero-order valence-corrected chi connectivity index (χ0v) is 13.7. The predicted octanol–water partition coefficient (Wildman–Crippen LogP) is 2.27. The predicted molar refractivity (Wildman–Crippen MR) is 78.8 cm³/mol. The number of benzene rings is 1. The first-order valence-corrected chi connectivity index (χ1v) is 10.2. The van der Waals surface area contributed by atoms with Crippen molar-refractivity contribution < 1.29 is 16.8 Å². The molecule has 2 rings (SSSR count). The molecule has 0 saturated heterocycles. The Labute approximate surface area is 126 Å². The second-order valence-corrected chi connectivity index (χ2v) is 9.55. The summed E-state index contributed by atoms with van der Waals surface area (Å²) in [5.74, 6) is 0. The minimum atomic E-state index is -3.63. The molecule has 0 aliphatic heterocycles. The fourth-order valence-electron chi connectivity index (χ4n) is 1.63. The number of sulfone groups is 2. The molecule has 0 spiro atoms. The van der Waals surface area contributed by atoms with Gasteiger partial charge in [-0.05, 0) is 29.2 Å². The Balaban J connectivity index is 2.84. The van der Waals surface area contributed by atoms with Gasteiger partial charge in [0.05, 0.1) is 5.56 Å². The summed E-state index contributed by atoms with van der Waals surface area (Å²) >= 11 is 6.44. The molecule has 1 aromatic carbocycles. The summed E-state index contributed by atoms with van der Waals surface area (Å²) in [6, 6.07) is 6.25. The molecule has 9 heteroatoms. The molecule has 108 valence electrons. The van der Waals surface area contributed by atoms with Crippen molar-refractivity contribution in [3.8, 4) is 11.1 Å². The zero-order valence-electron chi connectivity index (χ0n) is 10.5. The molecular formula is C11H10ClNO4S3. The van der Waals surface area contributed by atoms with Gasteiger partial charge >= 0.3 is 0 Å². The van der Waals surface area contributed by atoms with E-state index in [2.05, 4.69) is 4.37 Å². The third kappa shape index (κ3) is 3.03. The maximum atomic E-state index is 11.8. The molecule has 0 atom stereocenters.